The quantitative estimate of drug-likeness (QED) is 0.335. The summed E-state index contributed by atoms with van der Waals surface area (Å²) in [6, 6.07) is 13.0. The van der Waals surface area contributed by atoms with Gasteiger partial charge >= 0.3 is 6.18 Å². The molecule has 198 valence electrons. The van der Waals surface area contributed by atoms with Gasteiger partial charge in [0.2, 0.25) is 17.7 Å². The van der Waals surface area contributed by atoms with Crippen molar-refractivity contribution in [1.29, 1.82) is 0 Å². The van der Waals surface area contributed by atoms with E-state index in [0.29, 0.717) is 0 Å². The minimum Gasteiger partial charge on any atom is -0.357 e. The van der Waals surface area contributed by atoms with Gasteiger partial charge in [-0.15, -0.1) is 0 Å². The van der Waals surface area contributed by atoms with E-state index >= 15 is 0 Å². The van der Waals surface area contributed by atoms with E-state index in [2.05, 4.69) is 5.32 Å². The third-order valence-electron chi connectivity index (χ3n) is 7.35. The van der Waals surface area contributed by atoms with E-state index in [1.54, 1.807) is 29.3 Å². The normalized spacial score (nSPS) is 23.5. The lowest BCUT2D eigenvalue weighted by molar-refractivity contribution is -0.137. The van der Waals surface area contributed by atoms with Crippen LogP contribution >= 0.6 is 11.6 Å². The average molecular weight is 556 g/mol. The fourth-order valence-electron chi connectivity index (χ4n) is 5.73. The molecule has 3 amide bonds. The summed E-state index contributed by atoms with van der Waals surface area (Å²) in [6.45, 7) is 0. The Morgan fingerprint density at radius 1 is 0.923 bits per heavy atom. The van der Waals surface area contributed by atoms with Crippen LogP contribution in [0.15, 0.2) is 72.9 Å². The van der Waals surface area contributed by atoms with Crippen molar-refractivity contribution in [2.24, 2.45) is 11.8 Å². The molecule has 11 heteroatoms. The Morgan fingerprint density at radius 2 is 1.67 bits per heavy atom. The second kappa shape index (κ2) is 8.94. The van der Waals surface area contributed by atoms with Crippen LogP contribution in [0.3, 0.4) is 0 Å². The predicted molar refractivity (Wildman–Crippen MR) is 135 cm³/mol. The highest BCUT2D eigenvalue weighted by Gasteiger charge is 2.64. The second-order valence-electron chi connectivity index (χ2n) is 9.51. The molecular formula is C28H18ClF4N3O3. The summed E-state index contributed by atoms with van der Waals surface area (Å²) < 4.78 is 53.6. The molecule has 0 aliphatic carbocycles. The molecule has 39 heavy (non-hydrogen) atoms. The number of halogens is 5. The van der Waals surface area contributed by atoms with E-state index in [4.69, 9.17) is 11.6 Å². The highest BCUT2D eigenvalue weighted by Crippen LogP contribution is 2.53. The first-order chi connectivity index (χ1) is 18.6. The number of hydrogen-bond donors (Lipinski definition) is 1. The first-order valence-electron chi connectivity index (χ1n) is 11.9. The van der Waals surface area contributed by atoms with Crippen molar-refractivity contribution in [1.82, 2.24) is 4.90 Å². The molecule has 6 rings (SSSR count). The number of carbonyl (C=O) groups excluding carboxylic acids is 3. The summed E-state index contributed by atoms with van der Waals surface area (Å²) in [4.78, 5) is 43.8. The monoisotopic (exact) mass is 555 g/mol. The van der Waals surface area contributed by atoms with Gasteiger partial charge in [-0.2, -0.15) is 13.2 Å². The summed E-state index contributed by atoms with van der Waals surface area (Å²) in [5.41, 5.74) is 0.550. The van der Waals surface area contributed by atoms with Crippen molar-refractivity contribution in [3.05, 3.63) is 100 Å². The van der Waals surface area contributed by atoms with Gasteiger partial charge in [-0.05, 0) is 53.6 Å². The summed E-state index contributed by atoms with van der Waals surface area (Å²) in [6.07, 6.45) is -1.24. The Kier molecular flexibility index (Phi) is 5.76. The molecular weight excluding hydrogens is 538 g/mol. The minimum absolute atomic E-state index is 0.0639. The zero-order valence-corrected chi connectivity index (χ0v) is 20.6. The lowest BCUT2D eigenvalue weighted by Crippen LogP contribution is -2.46. The number of carbonyl (C=O) groups is 3. The Morgan fingerprint density at radius 3 is 2.41 bits per heavy atom. The van der Waals surface area contributed by atoms with Gasteiger partial charge in [0.05, 0.1) is 34.2 Å². The van der Waals surface area contributed by atoms with Crippen LogP contribution in [0.4, 0.5) is 28.9 Å². The highest BCUT2D eigenvalue weighted by molar-refractivity contribution is 6.31. The van der Waals surface area contributed by atoms with E-state index in [1.165, 1.54) is 18.2 Å². The molecule has 1 N–H and O–H groups in total. The fourth-order valence-corrected chi connectivity index (χ4v) is 5.90. The van der Waals surface area contributed by atoms with Gasteiger partial charge in [0, 0.05) is 11.9 Å². The van der Waals surface area contributed by atoms with Crippen molar-refractivity contribution in [2.75, 3.05) is 10.2 Å². The number of nitrogens with one attached hydrogen (secondary N) is 1. The van der Waals surface area contributed by atoms with Crippen LogP contribution in [-0.2, 0) is 20.6 Å². The van der Waals surface area contributed by atoms with Crippen LogP contribution in [0.25, 0.3) is 6.08 Å². The van der Waals surface area contributed by atoms with Gasteiger partial charge in [-0.3, -0.25) is 14.4 Å². The first-order valence-corrected chi connectivity index (χ1v) is 12.3. The predicted octanol–water partition coefficient (Wildman–Crippen LogP) is 5.65. The van der Waals surface area contributed by atoms with E-state index < -0.39 is 59.2 Å². The van der Waals surface area contributed by atoms with E-state index in [-0.39, 0.29) is 16.4 Å². The third kappa shape index (κ3) is 3.97. The number of anilines is 2. The Balaban J connectivity index is 1.42. The lowest BCUT2D eigenvalue weighted by atomic mass is 9.84. The van der Waals surface area contributed by atoms with Gasteiger partial charge in [0.25, 0.3) is 0 Å². The first kappa shape index (κ1) is 25.1. The van der Waals surface area contributed by atoms with Crippen molar-refractivity contribution >= 4 is 46.8 Å². The van der Waals surface area contributed by atoms with Gasteiger partial charge in [-0.1, -0.05) is 41.9 Å². The molecule has 0 saturated carbocycles. The number of rotatable bonds is 3. The fraction of sp³-hybridized carbons (Fsp3) is 0.179. The van der Waals surface area contributed by atoms with Crippen LogP contribution in [0.1, 0.15) is 22.7 Å². The lowest BCUT2D eigenvalue weighted by Gasteiger charge is -2.35. The number of nitrogens with zero attached hydrogens (tertiary/aromatic N) is 2. The molecule has 0 unspecified atom stereocenters. The van der Waals surface area contributed by atoms with Crippen molar-refractivity contribution in [3.63, 3.8) is 0 Å². The summed E-state index contributed by atoms with van der Waals surface area (Å²) in [5, 5.41) is 2.22. The standard InChI is InChI=1S/C28H18ClF4N3O3/c29-19-13-17(8-9-20(19)30)36-26(38)21-22(27(36)39)24(35-11-10-14-4-1-2-7-18(14)23(21)35)25(37)34-16-6-3-5-15(12-16)28(31,32)33/h1-13,21-24H,(H,34,37)/t21-,22+,23+,24-/m0/s1. The SMILES string of the molecule is O=C(Nc1cccc(C(F)(F)F)c1)[C@@H]1[C@@H]2C(=O)N(c3ccc(F)c(Cl)c3)C(=O)[C@@H]2[C@H]2c3ccccc3C=CN12. The maximum absolute atomic E-state index is 13.8. The second-order valence-corrected chi connectivity index (χ2v) is 9.92. The van der Waals surface area contributed by atoms with Gasteiger partial charge in [0.1, 0.15) is 11.9 Å². The van der Waals surface area contributed by atoms with E-state index in [1.807, 2.05) is 12.1 Å². The van der Waals surface area contributed by atoms with Crippen LogP contribution in [0, 0.1) is 17.7 Å². The molecule has 3 aromatic carbocycles. The molecule has 2 saturated heterocycles. The minimum atomic E-state index is -4.62. The molecule has 3 heterocycles. The molecule has 3 aromatic rings. The molecule has 0 spiro atoms. The highest BCUT2D eigenvalue weighted by atomic mass is 35.5. The largest absolute Gasteiger partial charge is 0.416 e. The van der Waals surface area contributed by atoms with Gasteiger partial charge < -0.3 is 10.2 Å². The molecule has 4 atom stereocenters. The van der Waals surface area contributed by atoms with Crippen molar-refractivity contribution < 1.29 is 31.9 Å². The van der Waals surface area contributed by atoms with E-state index in [9.17, 15) is 31.9 Å². The molecule has 3 aliphatic heterocycles. The zero-order valence-electron chi connectivity index (χ0n) is 19.8. The molecule has 0 aromatic heterocycles. The maximum atomic E-state index is 13.8. The maximum Gasteiger partial charge on any atom is 0.416 e. The number of benzene rings is 3. The van der Waals surface area contributed by atoms with Crippen LogP contribution in [-0.4, -0.2) is 28.7 Å². The third-order valence-corrected chi connectivity index (χ3v) is 7.64. The molecule has 3 aliphatic rings. The summed E-state index contributed by atoms with van der Waals surface area (Å²) in [7, 11) is 0. The summed E-state index contributed by atoms with van der Waals surface area (Å²) >= 11 is 5.91. The van der Waals surface area contributed by atoms with Crippen LogP contribution in [0.5, 0.6) is 0 Å². The van der Waals surface area contributed by atoms with Gasteiger partial charge in [-0.25, -0.2) is 9.29 Å². The Hall–Kier alpha value is -4.18. The molecule has 2 fully saturated rings. The molecule has 6 nitrogen and oxygen atoms in total. The number of alkyl halides is 3. The van der Waals surface area contributed by atoms with E-state index in [0.717, 1.165) is 40.3 Å². The smallest absolute Gasteiger partial charge is 0.357 e. The van der Waals surface area contributed by atoms with Crippen molar-refractivity contribution in [3.8, 4) is 0 Å². The summed E-state index contributed by atoms with van der Waals surface area (Å²) in [5.74, 6) is -4.87. The number of fused-ring (bicyclic) bond motifs is 5. The number of amides is 3. The number of hydrogen-bond acceptors (Lipinski definition) is 4. The molecule has 0 bridgehead atoms. The average Bonchev–Trinajstić information content (AvgIpc) is 3.38. The van der Waals surface area contributed by atoms with Crippen LogP contribution < -0.4 is 10.2 Å². The Bertz CT molecular complexity index is 1570. The van der Waals surface area contributed by atoms with Crippen molar-refractivity contribution in [2.45, 2.75) is 18.3 Å². The van der Waals surface area contributed by atoms with Crippen LogP contribution in [0.2, 0.25) is 5.02 Å². The van der Waals surface area contributed by atoms with Gasteiger partial charge in [0.15, 0.2) is 0 Å². The molecule has 0 radical (unpaired) electrons. The topological polar surface area (TPSA) is 69.7 Å². The number of imide groups is 1. The zero-order chi connectivity index (χ0) is 27.6. The Labute approximate surface area is 224 Å².